The number of aliphatic hydroxyl groups is 1. The Morgan fingerprint density at radius 2 is 1.86 bits per heavy atom. The molecule has 1 atom stereocenters. The van der Waals surface area contributed by atoms with Crippen LogP contribution in [0.3, 0.4) is 0 Å². The second-order valence-corrected chi connectivity index (χ2v) is 5.71. The average Bonchev–Trinajstić information content (AvgIpc) is 2.53. The Labute approximate surface area is 133 Å². The van der Waals surface area contributed by atoms with Crippen LogP contribution in [-0.4, -0.2) is 19.3 Å². The first kappa shape index (κ1) is 15.9. The molecule has 112 valence electrons. The van der Waals surface area contributed by atoms with Gasteiger partial charge in [-0.15, -0.1) is 0 Å². The Morgan fingerprint density at radius 1 is 1.10 bits per heavy atom. The zero-order chi connectivity index (χ0) is 15.5. The second kappa shape index (κ2) is 6.50. The molecule has 4 heteroatoms. The molecule has 1 unspecified atom stereocenters. The molecule has 0 bridgehead atoms. The second-order valence-electron chi connectivity index (χ2n) is 4.79. The van der Waals surface area contributed by atoms with Crippen molar-refractivity contribution >= 4 is 15.9 Å². The van der Waals surface area contributed by atoms with Gasteiger partial charge in [0, 0.05) is 10.0 Å². The Kier molecular flexibility index (Phi) is 4.91. The molecule has 0 heterocycles. The minimum absolute atomic E-state index is 0.521. The predicted molar refractivity (Wildman–Crippen MR) is 87.0 cm³/mol. The molecule has 0 saturated heterocycles. The molecule has 0 fully saturated rings. The Hall–Kier alpha value is -1.52. The highest BCUT2D eigenvalue weighted by Gasteiger charge is 2.33. The fourth-order valence-corrected chi connectivity index (χ4v) is 2.83. The van der Waals surface area contributed by atoms with Crippen LogP contribution in [0.1, 0.15) is 24.5 Å². The van der Waals surface area contributed by atoms with Crippen molar-refractivity contribution in [3.05, 3.63) is 58.1 Å². The van der Waals surface area contributed by atoms with Crippen molar-refractivity contribution < 1.29 is 14.6 Å². The van der Waals surface area contributed by atoms with Crippen molar-refractivity contribution in [2.45, 2.75) is 18.9 Å². The van der Waals surface area contributed by atoms with E-state index in [0.717, 1.165) is 10.0 Å². The lowest BCUT2D eigenvalue weighted by atomic mass is 9.83. The third kappa shape index (κ3) is 3.06. The van der Waals surface area contributed by atoms with E-state index in [1.54, 1.807) is 14.2 Å². The summed E-state index contributed by atoms with van der Waals surface area (Å²) in [6.07, 6.45) is 0.521. The lowest BCUT2D eigenvalue weighted by Gasteiger charge is -2.30. The van der Waals surface area contributed by atoms with Crippen molar-refractivity contribution in [3.8, 4) is 11.5 Å². The molecule has 0 aliphatic carbocycles. The largest absolute Gasteiger partial charge is 0.497 e. The van der Waals surface area contributed by atoms with Gasteiger partial charge < -0.3 is 14.6 Å². The highest BCUT2D eigenvalue weighted by molar-refractivity contribution is 9.10. The smallest absolute Gasteiger partial charge is 0.125 e. The van der Waals surface area contributed by atoms with E-state index in [4.69, 9.17) is 9.47 Å². The molecule has 0 radical (unpaired) electrons. The molecule has 21 heavy (non-hydrogen) atoms. The fraction of sp³-hybridized carbons (Fsp3) is 0.294. The molecule has 0 aromatic heterocycles. The minimum Gasteiger partial charge on any atom is -0.497 e. The zero-order valence-electron chi connectivity index (χ0n) is 12.4. The first-order valence-electron chi connectivity index (χ1n) is 6.76. The van der Waals surface area contributed by atoms with Gasteiger partial charge in [0.2, 0.25) is 0 Å². The molecule has 2 aromatic rings. The summed E-state index contributed by atoms with van der Waals surface area (Å²) < 4.78 is 11.6. The lowest BCUT2D eigenvalue weighted by Crippen LogP contribution is -2.27. The number of rotatable bonds is 5. The maximum atomic E-state index is 11.3. The third-order valence-corrected chi connectivity index (χ3v) is 4.16. The van der Waals surface area contributed by atoms with E-state index in [1.165, 1.54) is 0 Å². The number of hydrogen-bond acceptors (Lipinski definition) is 3. The van der Waals surface area contributed by atoms with E-state index in [2.05, 4.69) is 15.9 Å². The van der Waals surface area contributed by atoms with Crippen LogP contribution in [0.15, 0.2) is 46.9 Å². The maximum absolute atomic E-state index is 11.3. The summed E-state index contributed by atoms with van der Waals surface area (Å²) in [5.41, 5.74) is 0.375. The molecule has 2 aromatic carbocycles. The molecule has 0 aliphatic heterocycles. The summed E-state index contributed by atoms with van der Waals surface area (Å²) in [7, 11) is 3.21. The number of methoxy groups -OCH3 is 2. The molecule has 1 N–H and O–H groups in total. The summed E-state index contributed by atoms with van der Waals surface area (Å²) in [6, 6.07) is 13.1. The Bertz CT molecular complexity index is 627. The first-order chi connectivity index (χ1) is 10.0. The number of benzene rings is 2. The van der Waals surface area contributed by atoms with E-state index in [0.29, 0.717) is 23.5 Å². The number of ether oxygens (including phenoxy) is 2. The van der Waals surface area contributed by atoms with Gasteiger partial charge in [-0.1, -0.05) is 35.0 Å². The van der Waals surface area contributed by atoms with Gasteiger partial charge in [-0.3, -0.25) is 0 Å². The van der Waals surface area contributed by atoms with Crippen molar-refractivity contribution in [2.75, 3.05) is 14.2 Å². The maximum Gasteiger partial charge on any atom is 0.125 e. The van der Waals surface area contributed by atoms with Crippen molar-refractivity contribution in [1.82, 2.24) is 0 Å². The minimum atomic E-state index is -1.14. The lowest BCUT2D eigenvalue weighted by molar-refractivity contribution is 0.0733. The Balaban J connectivity index is 2.64. The van der Waals surface area contributed by atoms with Crippen molar-refractivity contribution in [1.29, 1.82) is 0 Å². The van der Waals surface area contributed by atoms with E-state index in [-0.39, 0.29) is 0 Å². The van der Waals surface area contributed by atoms with Gasteiger partial charge >= 0.3 is 0 Å². The molecule has 0 amide bonds. The predicted octanol–water partition coefficient (Wildman–Crippen LogP) is 4.11. The third-order valence-electron chi connectivity index (χ3n) is 3.67. The summed E-state index contributed by atoms with van der Waals surface area (Å²) in [5, 5.41) is 11.3. The topological polar surface area (TPSA) is 38.7 Å². The van der Waals surface area contributed by atoms with E-state index in [9.17, 15) is 5.11 Å². The van der Waals surface area contributed by atoms with Crippen LogP contribution in [0.5, 0.6) is 11.5 Å². The van der Waals surface area contributed by atoms with Crippen molar-refractivity contribution in [3.63, 3.8) is 0 Å². The molecule has 0 aliphatic rings. The summed E-state index contributed by atoms with van der Waals surface area (Å²) >= 11 is 3.45. The molecule has 0 spiro atoms. The number of halogens is 1. The highest BCUT2D eigenvalue weighted by Crippen LogP contribution is 2.40. The van der Waals surface area contributed by atoms with E-state index < -0.39 is 5.60 Å². The van der Waals surface area contributed by atoms with Crippen LogP contribution in [0.2, 0.25) is 0 Å². The summed E-state index contributed by atoms with van der Waals surface area (Å²) in [5.74, 6) is 1.33. The van der Waals surface area contributed by atoms with Gasteiger partial charge in [-0.25, -0.2) is 0 Å². The van der Waals surface area contributed by atoms with Gasteiger partial charge in [0.25, 0.3) is 0 Å². The quantitative estimate of drug-likeness (QED) is 0.881. The SMILES string of the molecule is CCC(O)(c1cccc(Br)c1)c1cc(OC)ccc1OC. The van der Waals surface area contributed by atoms with Gasteiger partial charge in [0.05, 0.1) is 14.2 Å². The van der Waals surface area contributed by atoms with E-state index in [1.807, 2.05) is 49.4 Å². The molecular weight excluding hydrogens is 332 g/mol. The standard InChI is InChI=1S/C17H19BrO3/c1-4-17(19,12-6-5-7-13(18)10-12)15-11-14(20-2)8-9-16(15)21-3/h5-11,19H,4H2,1-3H3. The Morgan fingerprint density at radius 3 is 2.43 bits per heavy atom. The monoisotopic (exact) mass is 350 g/mol. The van der Waals surface area contributed by atoms with E-state index >= 15 is 0 Å². The highest BCUT2D eigenvalue weighted by atomic mass is 79.9. The molecule has 0 saturated carbocycles. The van der Waals surface area contributed by atoms with Crippen LogP contribution in [-0.2, 0) is 5.60 Å². The van der Waals surface area contributed by atoms with Crippen LogP contribution in [0.4, 0.5) is 0 Å². The molecule has 3 nitrogen and oxygen atoms in total. The first-order valence-corrected chi connectivity index (χ1v) is 7.55. The van der Waals surface area contributed by atoms with Gasteiger partial charge in [-0.05, 0) is 42.3 Å². The normalized spacial score (nSPS) is 13.6. The summed E-state index contributed by atoms with van der Waals surface area (Å²) in [4.78, 5) is 0. The number of hydrogen-bond donors (Lipinski definition) is 1. The van der Waals surface area contributed by atoms with Crippen LogP contribution < -0.4 is 9.47 Å². The van der Waals surface area contributed by atoms with Gasteiger partial charge in [-0.2, -0.15) is 0 Å². The molecular formula is C17H19BrO3. The van der Waals surface area contributed by atoms with Gasteiger partial charge in [0.1, 0.15) is 17.1 Å². The van der Waals surface area contributed by atoms with Gasteiger partial charge in [0.15, 0.2) is 0 Å². The fourth-order valence-electron chi connectivity index (χ4n) is 2.43. The molecule has 2 rings (SSSR count). The van der Waals surface area contributed by atoms with Crippen molar-refractivity contribution in [2.24, 2.45) is 0 Å². The van der Waals surface area contributed by atoms with Crippen LogP contribution >= 0.6 is 15.9 Å². The zero-order valence-corrected chi connectivity index (χ0v) is 14.0. The average molecular weight is 351 g/mol. The van der Waals surface area contributed by atoms with Crippen LogP contribution in [0.25, 0.3) is 0 Å². The van der Waals surface area contributed by atoms with Crippen LogP contribution in [0, 0.1) is 0 Å². The summed E-state index contributed by atoms with van der Waals surface area (Å²) in [6.45, 7) is 1.94.